The minimum atomic E-state index is 0.494. The highest BCUT2D eigenvalue weighted by molar-refractivity contribution is 5.30. The van der Waals surface area contributed by atoms with E-state index < -0.39 is 0 Å². The molecular weight excluding hydrogens is 224 g/mol. The van der Waals surface area contributed by atoms with Crippen LogP contribution in [0, 0.1) is 11.3 Å². The van der Waals surface area contributed by atoms with Gasteiger partial charge in [0.2, 0.25) is 0 Å². The molecule has 0 saturated heterocycles. The lowest BCUT2D eigenvalue weighted by Crippen LogP contribution is -2.17. The number of pyridine rings is 2. The molecule has 4 heteroatoms. The maximum absolute atomic E-state index is 8.91. The first-order valence-electron chi connectivity index (χ1n) is 5.84. The molecule has 0 aromatic carbocycles. The first-order chi connectivity index (χ1) is 8.90. The maximum atomic E-state index is 8.91. The normalized spacial score (nSPS) is 9.94. The van der Waals surface area contributed by atoms with Crippen LogP contribution >= 0.6 is 0 Å². The fourth-order valence-corrected chi connectivity index (χ4v) is 1.69. The van der Waals surface area contributed by atoms with Crippen molar-refractivity contribution < 1.29 is 0 Å². The summed E-state index contributed by atoms with van der Waals surface area (Å²) in [4.78, 5) is 8.00. The number of hydrogen-bond acceptors (Lipinski definition) is 4. The van der Waals surface area contributed by atoms with E-state index >= 15 is 0 Å². The van der Waals surface area contributed by atoms with Gasteiger partial charge in [-0.15, -0.1) is 0 Å². The van der Waals surface area contributed by atoms with Crippen molar-refractivity contribution in [1.29, 1.82) is 5.26 Å². The Labute approximate surface area is 106 Å². The number of nitrogens with one attached hydrogen (secondary N) is 1. The molecule has 0 fully saturated rings. The second kappa shape index (κ2) is 6.48. The summed E-state index contributed by atoms with van der Waals surface area (Å²) in [6, 6.07) is 9.88. The van der Waals surface area contributed by atoms with Gasteiger partial charge in [-0.25, -0.2) is 4.98 Å². The second-order valence-electron chi connectivity index (χ2n) is 3.91. The van der Waals surface area contributed by atoms with Crippen molar-refractivity contribution in [1.82, 2.24) is 15.3 Å². The van der Waals surface area contributed by atoms with E-state index in [0.717, 1.165) is 18.5 Å². The first kappa shape index (κ1) is 12.2. The van der Waals surface area contributed by atoms with Gasteiger partial charge in [0.05, 0.1) is 0 Å². The summed E-state index contributed by atoms with van der Waals surface area (Å²) in [6.45, 7) is 1.53. The molecule has 4 nitrogen and oxygen atoms in total. The summed E-state index contributed by atoms with van der Waals surface area (Å²) in [5, 5.41) is 12.2. The maximum Gasteiger partial charge on any atom is 0.144 e. The van der Waals surface area contributed by atoms with E-state index in [0.29, 0.717) is 12.2 Å². The summed E-state index contributed by atoms with van der Waals surface area (Å²) in [5.41, 5.74) is 2.69. The monoisotopic (exact) mass is 238 g/mol. The van der Waals surface area contributed by atoms with E-state index in [2.05, 4.69) is 21.4 Å². The van der Waals surface area contributed by atoms with Gasteiger partial charge < -0.3 is 5.32 Å². The topological polar surface area (TPSA) is 61.6 Å². The van der Waals surface area contributed by atoms with Crippen LogP contribution in [-0.2, 0) is 13.0 Å². The third-order valence-electron chi connectivity index (χ3n) is 2.65. The summed E-state index contributed by atoms with van der Waals surface area (Å²) in [7, 11) is 0. The van der Waals surface area contributed by atoms with Crippen LogP contribution in [0.25, 0.3) is 0 Å². The van der Waals surface area contributed by atoms with Crippen LogP contribution in [0.15, 0.2) is 42.9 Å². The van der Waals surface area contributed by atoms with Gasteiger partial charge in [0, 0.05) is 30.7 Å². The van der Waals surface area contributed by atoms with Crippen molar-refractivity contribution in [2.75, 3.05) is 6.54 Å². The molecule has 0 aliphatic heterocycles. The minimum Gasteiger partial charge on any atom is -0.312 e. The van der Waals surface area contributed by atoms with Gasteiger partial charge in [-0.1, -0.05) is 6.07 Å². The van der Waals surface area contributed by atoms with E-state index in [-0.39, 0.29) is 0 Å². The van der Waals surface area contributed by atoms with Crippen LogP contribution in [-0.4, -0.2) is 16.5 Å². The molecule has 2 rings (SSSR count). The first-order valence-corrected chi connectivity index (χ1v) is 5.84. The third-order valence-corrected chi connectivity index (χ3v) is 2.65. The molecule has 2 aromatic rings. The van der Waals surface area contributed by atoms with Crippen molar-refractivity contribution in [3.8, 4) is 6.07 Å². The SMILES string of the molecule is N#Cc1ncccc1CNCCc1ccncc1. The van der Waals surface area contributed by atoms with Crippen LogP contribution in [0.4, 0.5) is 0 Å². The molecule has 0 unspecified atom stereocenters. The lowest BCUT2D eigenvalue weighted by Gasteiger charge is -2.05. The Bertz CT molecular complexity index is 531. The van der Waals surface area contributed by atoms with E-state index in [9.17, 15) is 0 Å². The van der Waals surface area contributed by atoms with Crippen molar-refractivity contribution in [2.45, 2.75) is 13.0 Å². The Balaban J connectivity index is 1.81. The Hall–Kier alpha value is -2.25. The van der Waals surface area contributed by atoms with Crippen LogP contribution < -0.4 is 5.32 Å². The van der Waals surface area contributed by atoms with E-state index in [1.807, 2.05) is 24.3 Å². The predicted molar refractivity (Wildman–Crippen MR) is 68.6 cm³/mol. The Kier molecular flexibility index (Phi) is 4.39. The minimum absolute atomic E-state index is 0.494. The molecule has 0 aliphatic rings. The molecule has 90 valence electrons. The number of aromatic nitrogens is 2. The zero-order valence-electron chi connectivity index (χ0n) is 10.0. The fourth-order valence-electron chi connectivity index (χ4n) is 1.69. The van der Waals surface area contributed by atoms with Crippen molar-refractivity contribution in [3.63, 3.8) is 0 Å². The summed E-state index contributed by atoms with van der Waals surface area (Å²) in [6.07, 6.45) is 6.18. The average molecular weight is 238 g/mol. The highest BCUT2D eigenvalue weighted by atomic mass is 14.9. The van der Waals surface area contributed by atoms with E-state index in [1.165, 1.54) is 5.56 Å². The number of nitriles is 1. The van der Waals surface area contributed by atoms with Gasteiger partial charge in [0.25, 0.3) is 0 Å². The predicted octanol–water partition coefficient (Wildman–Crippen LogP) is 1.68. The van der Waals surface area contributed by atoms with Crippen LogP contribution in [0.1, 0.15) is 16.8 Å². The molecule has 1 N–H and O–H groups in total. The number of rotatable bonds is 5. The summed E-state index contributed by atoms with van der Waals surface area (Å²) >= 11 is 0. The van der Waals surface area contributed by atoms with Crippen LogP contribution in [0.3, 0.4) is 0 Å². The molecule has 0 spiro atoms. The van der Waals surface area contributed by atoms with Gasteiger partial charge >= 0.3 is 0 Å². The molecule has 18 heavy (non-hydrogen) atoms. The molecule has 0 bridgehead atoms. The van der Waals surface area contributed by atoms with Gasteiger partial charge in [0.1, 0.15) is 11.8 Å². The zero-order chi connectivity index (χ0) is 12.6. The largest absolute Gasteiger partial charge is 0.312 e. The second-order valence-corrected chi connectivity index (χ2v) is 3.91. The highest BCUT2D eigenvalue weighted by Gasteiger charge is 2.01. The zero-order valence-corrected chi connectivity index (χ0v) is 10.0. The smallest absolute Gasteiger partial charge is 0.144 e. The molecule has 0 atom stereocenters. The van der Waals surface area contributed by atoms with Gasteiger partial charge in [-0.05, 0) is 36.7 Å². The lowest BCUT2D eigenvalue weighted by atomic mass is 10.2. The van der Waals surface area contributed by atoms with Gasteiger partial charge in [-0.3, -0.25) is 4.98 Å². The summed E-state index contributed by atoms with van der Waals surface area (Å²) < 4.78 is 0. The number of nitrogens with zero attached hydrogens (tertiary/aromatic N) is 3. The third kappa shape index (κ3) is 3.37. The molecule has 0 aliphatic carbocycles. The summed E-state index contributed by atoms with van der Waals surface area (Å²) in [5.74, 6) is 0. The Morgan fingerprint density at radius 1 is 1.17 bits per heavy atom. The lowest BCUT2D eigenvalue weighted by molar-refractivity contribution is 0.683. The molecular formula is C14H14N4. The highest BCUT2D eigenvalue weighted by Crippen LogP contribution is 2.03. The molecule has 0 amide bonds. The van der Waals surface area contributed by atoms with Crippen molar-refractivity contribution >= 4 is 0 Å². The quantitative estimate of drug-likeness (QED) is 0.805. The molecule has 0 saturated carbocycles. The molecule has 2 aromatic heterocycles. The van der Waals surface area contributed by atoms with E-state index in [1.54, 1.807) is 18.6 Å². The van der Waals surface area contributed by atoms with Crippen molar-refractivity contribution in [2.24, 2.45) is 0 Å². The molecule has 0 radical (unpaired) electrons. The van der Waals surface area contributed by atoms with Crippen LogP contribution in [0.5, 0.6) is 0 Å². The Morgan fingerprint density at radius 3 is 2.78 bits per heavy atom. The van der Waals surface area contributed by atoms with Gasteiger partial charge in [-0.2, -0.15) is 5.26 Å². The number of hydrogen-bond donors (Lipinski definition) is 1. The van der Waals surface area contributed by atoms with E-state index in [4.69, 9.17) is 5.26 Å². The van der Waals surface area contributed by atoms with Gasteiger partial charge in [0.15, 0.2) is 0 Å². The Morgan fingerprint density at radius 2 is 2.00 bits per heavy atom. The fraction of sp³-hybridized carbons (Fsp3) is 0.214. The van der Waals surface area contributed by atoms with Crippen LogP contribution in [0.2, 0.25) is 0 Å². The standard InChI is InChI=1S/C14H14N4/c15-10-14-13(2-1-6-18-14)11-17-9-5-12-3-7-16-8-4-12/h1-4,6-8,17H,5,9,11H2. The average Bonchev–Trinajstić information content (AvgIpc) is 2.45. The van der Waals surface area contributed by atoms with Crippen molar-refractivity contribution in [3.05, 3.63) is 59.7 Å². The molecule has 2 heterocycles.